The minimum Gasteiger partial charge on any atom is -0.481 e. The molecule has 0 aromatic carbocycles. The van der Waals surface area contributed by atoms with Crippen molar-refractivity contribution in [1.82, 2.24) is 0 Å². The zero-order chi connectivity index (χ0) is 11.8. The van der Waals surface area contributed by atoms with Crippen LogP contribution in [0.3, 0.4) is 0 Å². The quantitative estimate of drug-likeness (QED) is 0.576. The SMILES string of the molecule is CC1(C)C(/C=N/OCC2CCC2)C1C(=O)O. The Labute approximate surface area is 95.7 Å². The molecule has 4 nitrogen and oxygen atoms in total. The molecule has 2 rings (SSSR count). The molecule has 2 aliphatic rings. The molecule has 2 unspecified atom stereocenters. The van der Waals surface area contributed by atoms with E-state index >= 15 is 0 Å². The summed E-state index contributed by atoms with van der Waals surface area (Å²) >= 11 is 0. The highest BCUT2D eigenvalue weighted by Crippen LogP contribution is 2.57. The molecule has 0 spiro atoms. The van der Waals surface area contributed by atoms with Crippen LogP contribution in [0, 0.1) is 23.2 Å². The van der Waals surface area contributed by atoms with E-state index in [1.165, 1.54) is 19.3 Å². The molecule has 4 heteroatoms. The van der Waals surface area contributed by atoms with Crippen molar-refractivity contribution >= 4 is 12.2 Å². The maximum absolute atomic E-state index is 10.9. The summed E-state index contributed by atoms with van der Waals surface area (Å²) in [6.45, 7) is 4.59. The monoisotopic (exact) mass is 225 g/mol. The van der Waals surface area contributed by atoms with Gasteiger partial charge in [0.05, 0.1) is 5.92 Å². The second-order valence-electron chi connectivity index (χ2n) is 5.51. The second kappa shape index (κ2) is 4.07. The van der Waals surface area contributed by atoms with Crippen molar-refractivity contribution in [3.8, 4) is 0 Å². The summed E-state index contributed by atoms with van der Waals surface area (Å²) in [5, 5.41) is 12.8. The summed E-state index contributed by atoms with van der Waals surface area (Å²) in [6, 6.07) is 0. The normalized spacial score (nSPS) is 32.4. The Hall–Kier alpha value is -1.06. The molecule has 16 heavy (non-hydrogen) atoms. The first kappa shape index (κ1) is 11.4. The van der Waals surface area contributed by atoms with Crippen LogP contribution in [-0.2, 0) is 9.63 Å². The van der Waals surface area contributed by atoms with Crippen molar-refractivity contribution in [2.75, 3.05) is 6.61 Å². The molecular weight excluding hydrogens is 206 g/mol. The van der Waals surface area contributed by atoms with Crippen LogP contribution >= 0.6 is 0 Å². The number of nitrogens with zero attached hydrogens (tertiary/aromatic N) is 1. The number of carbonyl (C=O) groups is 1. The van der Waals surface area contributed by atoms with E-state index in [0.717, 1.165) is 0 Å². The third-order valence-corrected chi connectivity index (χ3v) is 4.01. The Morgan fingerprint density at radius 3 is 2.69 bits per heavy atom. The van der Waals surface area contributed by atoms with Gasteiger partial charge in [-0.2, -0.15) is 0 Å². The van der Waals surface area contributed by atoms with Crippen LogP contribution in [0.2, 0.25) is 0 Å². The van der Waals surface area contributed by atoms with Gasteiger partial charge < -0.3 is 9.94 Å². The third kappa shape index (κ3) is 2.06. The zero-order valence-electron chi connectivity index (χ0n) is 9.85. The Kier molecular flexibility index (Phi) is 2.91. The van der Waals surface area contributed by atoms with Gasteiger partial charge in [0, 0.05) is 12.1 Å². The molecule has 2 aliphatic carbocycles. The van der Waals surface area contributed by atoms with Crippen LogP contribution in [0.25, 0.3) is 0 Å². The first-order chi connectivity index (χ1) is 7.53. The fourth-order valence-corrected chi connectivity index (χ4v) is 2.34. The summed E-state index contributed by atoms with van der Waals surface area (Å²) in [5.74, 6) is -0.352. The molecule has 2 fully saturated rings. The van der Waals surface area contributed by atoms with Gasteiger partial charge >= 0.3 is 5.97 Å². The molecular formula is C12H19NO3. The number of aliphatic carboxylic acids is 1. The van der Waals surface area contributed by atoms with Crippen LogP contribution in [0.4, 0.5) is 0 Å². The highest BCUT2D eigenvalue weighted by molar-refractivity contribution is 5.84. The zero-order valence-corrected chi connectivity index (χ0v) is 9.85. The van der Waals surface area contributed by atoms with Gasteiger partial charge in [-0.3, -0.25) is 4.79 Å². The number of hydrogen-bond acceptors (Lipinski definition) is 3. The summed E-state index contributed by atoms with van der Waals surface area (Å²) in [4.78, 5) is 16.1. The third-order valence-electron chi connectivity index (χ3n) is 4.01. The van der Waals surface area contributed by atoms with Crippen LogP contribution in [0.1, 0.15) is 33.1 Å². The molecule has 0 aromatic heterocycles. The van der Waals surface area contributed by atoms with E-state index in [-0.39, 0.29) is 17.3 Å². The fourth-order valence-electron chi connectivity index (χ4n) is 2.34. The smallest absolute Gasteiger partial charge is 0.307 e. The average molecular weight is 225 g/mol. The van der Waals surface area contributed by atoms with Gasteiger partial charge in [0.25, 0.3) is 0 Å². The van der Waals surface area contributed by atoms with Crippen LogP contribution in [0.5, 0.6) is 0 Å². The lowest BCUT2D eigenvalue weighted by Crippen LogP contribution is -2.16. The van der Waals surface area contributed by atoms with Gasteiger partial charge in [-0.1, -0.05) is 25.4 Å². The Morgan fingerprint density at radius 1 is 1.56 bits per heavy atom. The predicted octanol–water partition coefficient (Wildman–Crippen LogP) is 2.15. The molecule has 2 atom stereocenters. The lowest BCUT2D eigenvalue weighted by molar-refractivity contribution is -0.139. The van der Waals surface area contributed by atoms with Crippen LogP contribution < -0.4 is 0 Å². The highest BCUT2D eigenvalue weighted by Gasteiger charge is 2.61. The number of oxime groups is 1. The van der Waals surface area contributed by atoms with Gasteiger partial charge in [0.15, 0.2) is 0 Å². The van der Waals surface area contributed by atoms with E-state index in [1.807, 2.05) is 13.8 Å². The molecule has 1 N–H and O–H groups in total. The van der Waals surface area contributed by atoms with E-state index in [2.05, 4.69) is 5.16 Å². The molecule has 90 valence electrons. The van der Waals surface area contributed by atoms with Crippen molar-refractivity contribution in [1.29, 1.82) is 0 Å². The van der Waals surface area contributed by atoms with Crippen molar-refractivity contribution < 1.29 is 14.7 Å². The average Bonchev–Trinajstić information content (AvgIpc) is 2.65. The Bertz CT molecular complexity index is 307. The number of rotatable bonds is 5. The number of carboxylic acid groups (broad SMARTS) is 1. The summed E-state index contributed by atoms with van der Waals surface area (Å²) < 4.78 is 0. The maximum Gasteiger partial charge on any atom is 0.307 e. The predicted molar refractivity (Wildman–Crippen MR) is 60.2 cm³/mol. The Balaban J connectivity index is 1.73. The standard InChI is InChI=1S/C12H19NO3/c1-12(2)9(10(12)11(14)15)6-13-16-7-8-4-3-5-8/h6,8-10H,3-5,7H2,1-2H3,(H,14,15)/b13-6+. The molecule has 0 radical (unpaired) electrons. The number of carboxylic acids is 1. The van der Waals surface area contributed by atoms with Crippen molar-refractivity contribution in [3.63, 3.8) is 0 Å². The maximum atomic E-state index is 10.9. The largest absolute Gasteiger partial charge is 0.481 e. The van der Waals surface area contributed by atoms with Gasteiger partial charge in [-0.25, -0.2) is 0 Å². The molecule has 0 bridgehead atoms. The minimum atomic E-state index is -0.736. The lowest BCUT2D eigenvalue weighted by Gasteiger charge is -2.23. The van der Waals surface area contributed by atoms with Gasteiger partial charge in [-0.15, -0.1) is 0 Å². The highest BCUT2D eigenvalue weighted by atomic mass is 16.6. The summed E-state index contributed by atoms with van der Waals surface area (Å²) in [7, 11) is 0. The van der Waals surface area contributed by atoms with E-state index in [9.17, 15) is 4.79 Å². The summed E-state index contributed by atoms with van der Waals surface area (Å²) in [5.41, 5.74) is -0.171. The topological polar surface area (TPSA) is 58.9 Å². The molecule has 0 aliphatic heterocycles. The Morgan fingerprint density at radius 2 is 2.25 bits per heavy atom. The number of hydrogen-bond donors (Lipinski definition) is 1. The van der Waals surface area contributed by atoms with Gasteiger partial charge in [0.2, 0.25) is 0 Å². The first-order valence-corrected chi connectivity index (χ1v) is 5.91. The van der Waals surface area contributed by atoms with Crippen molar-refractivity contribution in [3.05, 3.63) is 0 Å². The molecule has 0 saturated heterocycles. The van der Waals surface area contributed by atoms with E-state index < -0.39 is 5.97 Å². The molecule has 0 amide bonds. The molecule has 2 saturated carbocycles. The lowest BCUT2D eigenvalue weighted by atomic mass is 9.86. The summed E-state index contributed by atoms with van der Waals surface area (Å²) in [6.07, 6.45) is 5.44. The van der Waals surface area contributed by atoms with Gasteiger partial charge in [0.1, 0.15) is 6.61 Å². The first-order valence-electron chi connectivity index (χ1n) is 5.91. The molecule has 0 heterocycles. The van der Waals surface area contributed by atoms with Crippen LogP contribution in [0.15, 0.2) is 5.16 Å². The van der Waals surface area contributed by atoms with Crippen molar-refractivity contribution in [2.45, 2.75) is 33.1 Å². The fraction of sp³-hybridized carbons (Fsp3) is 0.833. The minimum absolute atomic E-state index is 0.0198. The van der Waals surface area contributed by atoms with Gasteiger partial charge in [-0.05, 0) is 24.2 Å². The molecule has 0 aromatic rings. The van der Waals surface area contributed by atoms with E-state index in [1.54, 1.807) is 6.21 Å². The second-order valence-corrected chi connectivity index (χ2v) is 5.51. The van der Waals surface area contributed by atoms with E-state index in [4.69, 9.17) is 9.94 Å². The van der Waals surface area contributed by atoms with Crippen molar-refractivity contribution in [2.24, 2.45) is 28.3 Å². The van der Waals surface area contributed by atoms with Crippen LogP contribution in [-0.4, -0.2) is 23.9 Å². The van der Waals surface area contributed by atoms with E-state index in [0.29, 0.717) is 12.5 Å².